The molecule has 29 heavy (non-hydrogen) atoms. The predicted octanol–water partition coefficient (Wildman–Crippen LogP) is 2.82. The summed E-state index contributed by atoms with van der Waals surface area (Å²) in [6.07, 6.45) is -7.32. The largest absolute Gasteiger partial charge is 0.437 e. The maximum absolute atomic E-state index is 12.5. The predicted molar refractivity (Wildman–Crippen MR) is 99.1 cm³/mol. The number of aromatic nitrogens is 4. The zero-order chi connectivity index (χ0) is 21.2. The highest BCUT2D eigenvalue weighted by molar-refractivity contribution is 5.68. The number of aromatic amines is 1. The maximum atomic E-state index is 12.5. The molecule has 0 aliphatic carbocycles. The number of carbonyl (C=O) groups excluding carboxylic acids is 1. The summed E-state index contributed by atoms with van der Waals surface area (Å²) in [5.74, 6) is 1.64. The van der Waals surface area contributed by atoms with Gasteiger partial charge in [-0.05, 0) is 27.2 Å². The maximum Gasteiger partial charge on any atom is 0.425 e. The molecule has 0 aromatic carbocycles. The molecule has 3 rings (SSSR count). The molecular weight excluding hydrogens is 391 g/mol. The van der Waals surface area contributed by atoms with Crippen molar-refractivity contribution in [3.63, 3.8) is 0 Å². The number of amides is 1. The normalized spacial score (nSPS) is 17.9. The molecule has 1 aliphatic heterocycles. The summed E-state index contributed by atoms with van der Waals surface area (Å²) in [5.41, 5.74) is 1.64. The van der Waals surface area contributed by atoms with Crippen LogP contribution in [0.5, 0.6) is 0 Å². The number of ether oxygens (including phenoxy) is 1. The van der Waals surface area contributed by atoms with Crippen LogP contribution in [0.2, 0.25) is 0 Å². The van der Waals surface area contributed by atoms with Crippen LogP contribution in [-0.4, -0.2) is 57.7 Å². The first-order chi connectivity index (χ1) is 13.6. The Morgan fingerprint density at radius 3 is 2.72 bits per heavy atom. The van der Waals surface area contributed by atoms with Gasteiger partial charge in [0.1, 0.15) is 5.82 Å². The van der Waals surface area contributed by atoms with Gasteiger partial charge in [-0.15, -0.1) is 0 Å². The van der Waals surface area contributed by atoms with E-state index in [2.05, 4.69) is 35.5 Å². The van der Waals surface area contributed by atoms with Crippen molar-refractivity contribution in [3.05, 3.63) is 23.5 Å². The van der Waals surface area contributed by atoms with Crippen LogP contribution in [0.15, 0.2) is 12.1 Å². The monoisotopic (exact) mass is 413 g/mol. The van der Waals surface area contributed by atoms with Crippen LogP contribution in [0.25, 0.3) is 0 Å². The van der Waals surface area contributed by atoms with Crippen LogP contribution in [0.4, 0.5) is 35.5 Å². The van der Waals surface area contributed by atoms with E-state index < -0.39 is 18.4 Å². The molecular formula is C17H22F3N7O2. The summed E-state index contributed by atoms with van der Waals surface area (Å²) in [4.78, 5) is 22.4. The Bertz CT molecular complexity index is 871. The molecule has 1 saturated heterocycles. The van der Waals surface area contributed by atoms with Gasteiger partial charge in [0, 0.05) is 36.6 Å². The zero-order valence-electron chi connectivity index (χ0n) is 16.2. The first-order valence-corrected chi connectivity index (χ1v) is 9.03. The quantitative estimate of drug-likeness (QED) is 0.692. The van der Waals surface area contributed by atoms with Crippen LogP contribution in [0.1, 0.15) is 24.7 Å². The SMILES string of the molecule is Cc1cc(Nc2cc(C)[nH]n2)nc(N2CC[C@H](NC(=O)O[C@@H](C)C(F)(F)F)C2)n1. The Kier molecular flexibility index (Phi) is 5.80. The fourth-order valence-corrected chi connectivity index (χ4v) is 2.86. The van der Waals surface area contributed by atoms with Crippen molar-refractivity contribution in [2.45, 2.75) is 45.5 Å². The summed E-state index contributed by atoms with van der Waals surface area (Å²) < 4.78 is 41.9. The summed E-state index contributed by atoms with van der Waals surface area (Å²) >= 11 is 0. The molecule has 2 aromatic heterocycles. The van der Waals surface area contributed by atoms with E-state index in [9.17, 15) is 18.0 Å². The third-order valence-corrected chi connectivity index (χ3v) is 4.34. The van der Waals surface area contributed by atoms with E-state index in [-0.39, 0.29) is 6.04 Å². The molecule has 9 nitrogen and oxygen atoms in total. The molecule has 0 unspecified atom stereocenters. The molecule has 1 fully saturated rings. The minimum absolute atomic E-state index is 0.361. The second-order valence-corrected chi connectivity index (χ2v) is 6.92. The van der Waals surface area contributed by atoms with Gasteiger partial charge in [-0.25, -0.2) is 9.78 Å². The number of hydrogen-bond acceptors (Lipinski definition) is 7. The van der Waals surface area contributed by atoms with Gasteiger partial charge in [-0.1, -0.05) is 0 Å². The topological polar surface area (TPSA) is 108 Å². The molecule has 1 amide bonds. The number of aryl methyl sites for hydroxylation is 2. The second kappa shape index (κ2) is 8.13. The highest BCUT2D eigenvalue weighted by Crippen LogP contribution is 2.23. The molecule has 0 bridgehead atoms. The van der Waals surface area contributed by atoms with Crippen molar-refractivity contribution in [2.75, 3.05) is 23.3 Å². The number of alkyl carbamates (subject to hydrolysis) is 1. The molecule has 0 radical (unpaired) electrons. The number of H-pyrrole nitrogens is 1. The Morgan fingerprint density at radius 2 is 2.07 bits per heavy atom. The second-order valence-electron chi connectivity index (χ2n) is 6.92. The van der Waals surface area contributed by atoms with Crippen LogP contribution in [-0.2, 0) is 4.74 Å². The van der Waals surface area contributed by atoms with E-state index in [4.69, 9.17) is 0 Å². The van der Waals surface area contributed by atoms with E-state index in [1.54, 1.807) is 6.07 Å². The van der Waals surface area contributed by atoms with Crippen molar-refractivity contribution in [2.24, 2.45) is 0 Å². The van der Waals surface area contributed by atoms with E-state index in [1.807, 2.05) is 24.8 Å². The van der Waals surface area contributed by atoms with Gasteiger partial charge < -0.3 is 20.3 Å². The van der Waals surface area contributed by atoms with Crippen LogP contribution >= 0.6 is 0 Å². The molecule has 3 N–H and O–H groups in total. The Balaban J connectivity index is 1.60. The number of nitrogens with zero attached hydrogens (tertiary/aromatic N) is 4. The molecule has 0 saturated carbocycles. The summed E-state index contributed by atoms with van der Waals surface area (Å²) in [7, 11) is 0. The minimum Gasteiger partial charge on any atom is -0.437 e. The fourth-order valence-electron chi connectivity index (χ4n) is 2.86. The fraction of sp³-hybridized carbons (Fsp3) is 0.529. The van der Waals surface area contributed by atoms with Crippen molar-refractivity contribution in [1.29, 1.82) is 0 Å². The van der Waals surface area contributed by atoms with Gasteiger partial charge in [0.25, 0.3) is 0 Å². The van der Waals surface area contributed by atoms with E-state index in [1.165, 1.54) is 0 Å². The average Bonchev–Trinajstić information content (AvgIpc) is 3.22. The van der Waals surface area contributed by atoms with Gasteiger partial charge in [-0.2, -0.15) is 23.3 Å². The van der Waals surface area contributed by atoms with Crippen molar-refractivity contribution < 1.29 is 22.7 Å². The number of halogens is 3. The van der Waals surface area contributed by atoms with Gasteiger partial charge in [-0.3, -0.25) is 5.10 Å². The first-order valence-electron chi connectivity index (χ1n) is 9.03. The first kappa shape index (κ1) is 20.7. The molecule has 1 aliphatic rings. The lowest BCUT2D eigenvalue weighted by Gasteiger charge is -2.20. The van der Waals surface area contributed by atoms with Gasteiger partial charge >= 0.3 is 12.3 Å². The number of anilines is 3. The van der Waals surface area contributed by atoms with Gasteiger partial charge in [0.15, 0.2) is 11.9 Å². The van der Waals surface area contributed by atoms with Crippen molar-refractivity contribution in [3.8, 4) is 0 Å². The highest BCUT2D eigenvalue weighted by Gasteiger charge is 2.39. The lowest BCUT2D eigenvalue weighted by atomic mass is 10.3. The molecule has 0 spiro atoms. The van der Waals surface area contributed by atoms with Crippen molar-refractivity contribution in [1.82, 2.24) is 25.5 Å². The van der Waals surface area contributed by atoms with Crippen LogP contribution in [0, 0.1) is 13.8 Å². The smallest absolute Gasteiger partial charge is 0.425 e. The molecule has 2 atom stereocenters. The Labute approximate surface area is 165 Å². The Morgan fingerprint density at radius 1 is 1.31 bits per heavy atom. The number of nitrogens with one attached hydrogen (secondary N) is 3. The number of alkyl halides is 3. The summed E-state index contributed by atoms with van der Waals surface area (Å²) in [6, 6.07) is 3.24. The molecule has 158 valence electrons. The van der Waals surface area contributed by atoms with E-state index in [0.29, 0.717) is 37.1 Å². The van der Waals surface area contributed by atoms with E-state index >= 15 is 0 Å². The van der Waals surface area contributed by atoms with Crippen LogP contribution in [0.3, 0.4) is 0 Å². The van der Waals surface area contributed by atoms with E-state index in [0.717, 1.165) is 18.3 Å². The zero-order valence-corrected chi connectivity index (χ0v) is 16.2. The highest BCUT2D eigenvalue weighted by atomic mass is 19.4. The van der Waals surface area contributed by atoms with Crippen LogP contribution < -0.4 is 15.5 Å². The summed E-state index contributed by atoms with van der Waals surface area (Å²) in [5, 5.41) is 12.5. The third kappa shape index (κ3) is 5.48. The van der Waals surface area contributed by atoms with Gasteiger partial charge in [0.05, 0.1) is 6.04 Å². The number of hydrogen-bond donors (Lipinski definition) is 3. The molecule has 3 heterocycles. The number of rotatable bonds is 5. The summed E-state index contributed by atoms with van der Waals surface area (Å²) in [6.45, 7) is 5.40. The van der Waals surface area contributed by atoms with Gasteiger partial charge in [0.2, 0.25) is 5.95 Å². The third-order valence-electron chi connectivity index (χ3n) is 4.34. The average molecular weight is 413 g/mol. The number of carbonyl (C=O) groups is 1. The lowest BCUT2D eigenvalue weighted by Crippen LogP contribution is -2.41. The van der Waals surface area contributed by atoms with Crippen molar-refractivity contribution >= 4 is 23.7 Å². The lowest BCUT2D eigenvalue weighted by molar-refractivity contribution is -0.197. The molecule has 2 aromatic rings. The minimum atomic E-state index is -4.59. The Hall–Kier alpha value is -3.05. The standard InChI is InChI=1S/C17H22F3N7O2/c1-9-6-13(23-14-7-10(2)25-26-14)24-15(21-9)27-5-4-12(8-27)22-16(28)29-11(3)17(18,19)20/h6-7,11-12H,4-5,8H2,1-3H3,(H,22,28)(H2,21,23,24,25,26)/t11-,12-/m0/s1. The molecule has 12 heteroatoms.